The van der Waals surface area contributed by atoms with E-state index >= 15 is 0 Å². The monoisotopic (exact) mass is 388 g/mol. The van der Waals surface area contributed by atoms with E-state index in [-0.39, 0.29) is 5.91 Å². The summed E-state index contributed by atoms with van der Waals surface area (Å²) in [5.41, 5.74) is 3.06. The summed E-state index contributed by atoms with van der Waals surface area (Å²) in [4.78, 5) is 19.2. The van der Waals surface area contributed by atoms with Crippen LogP contribution in [-0.2, 0) is 6.54 Å². The van der Waals surface area contributed by atoms with Crippen LogP contribution in [0.15, 0.2) is 78.7 Å². The highest BCUT2D eigenvalue weighted by molar-refractivity contribution is 7.98. The van der Waals surface area contributed by atoms with Gasteiger partial charge in [-0.2, -0.15) is 5.26 Å². The molecule has 0 unspecified atom stereocenters. The fourth-order valence-corrected chi connectivity index (χ4v) is 3.42. The average Bonchev–Trinajstić information content (AvgIpc) is 3.22. The first-order valence-electron chi connectivity index (χ1n) is 8.73. The number of amides is 1. The second-order valence-corrected chi connectivity index (χ2v) is 6.89. The van der Waals surface area contributed by atoms with Crippen LogP contribution >= 0.6 is 11.8 Å². The molecule has 0 radical (unpaired) electrons. The molecule has 0 saturated carbocycles. The molecule has 140 valence electrons. The third-order valence-electron chi connectivity index (χ3n) is 4.25. The van der Waals surface area contributed by atoms with Crippen molar-refractivity contribution in [3.63, 3.8) is 0 Å². The minimum Gasteiger partial charge on any atom is -0.331 e. The molecule has 3 aromatic rings. The summed E-state index contributed by atoms with van der Waals surface area (Å²) in [6.45, 7) is 4.66. The van der Waals surface area contributed by atoms with Gasteiger partial charge in [-0.1, -0.05) is 36.0 Å². The molecule has 6 heteroatoms. The van der Waals surface area contributed by atoms with Gasteiger partial charge in [0.15, 0.2) is 5.16 Å². The first-order chi connectivity index (χ1) is 13.7. The molecule has 5 nitrogen and oxygen atoms in total. The Balaban J connectivity index is 1.86. The molecule has 0 spiro atoms. The van der Waals surface area contributed by atoms with Gasteiger partial charge in [-0.15, -0.1) is 6.58 Å². The van der Waals surface area contributed by atoms with Gasteiger partial charge >= 0.3 is 0 Å². The number of nitrogens with zero attached hydrogens (tertiary/aromatic N) is 4. The molecule has 1 heterocycles. The number of hydrogen-bond acceptors (Lipinski definition) is 4. The molecule has 0 aliphatic carbocycles. The van der Waals surface area contributed by atoms with Crippen molar-refractivity contribution in [2.75, 3.05) is 12.8 Å². The number of aromatic nitrogens is 2. The molecule has 1 aromatic heterocycles. The smallest absolute Gasteiger partial charge is 0.254 e. The predicted octanol–water partition coefficient (Wildman–Crippen LogP) is 4.29. The van der Waals surface area contributed by atoms with Gasteiger partial charge in [-0.25, -0.2) is 4.98 Å². The number of nitriles is 1. The topological polar surface area (TPSA) is 61.9 Å². The minimum absolute atomic E-state index is 0.0723. The van der Waals surface area contributed by atoms with Gasteiger partial charge in [-0.3, -0.25) is 9.36 Å². The highest BCUT2D eigenvalue weighted by atomic mass is 32.2. The average molecular weight is 388 g/mol. The first kappa shape index (κ1) is 19.5. The van der Waals surface area contributed by atoms with Crippen molar-refractivity contribution >= 4 is 17.7 Å². The minimum atomic E-state index is -0.0723. The highest BCUT2D eigenvalue weighted by Crippen LogP contribution is 2.20. The lowest BCUT2D eigenvalue weighted by atomic mass is 10.1. The molecule has 0 N–H and O–H groups in total. The summed E-state index contributed by atoms with van der Waals surface area (Å²) in [5.74, 6) is -0.0723. The molecule has 0 aliphatic rings. The Morgan fingerprint density at radius 1 is 1.32 bits per heavy atom. The predicted molar refractivity (Wildman–Crippen MR) is 111 cm³/mol. The van der Waals surface area contributed by atoms with Crippen molar-refractivity contribution in [2.24, 2.45) is 0 Å². The largest absolute Gasteiger partial charge is 0.331 e. The lowest BCUT2D eigenvalue weighted by molar-refractivity contribution is 0.0762. The van der Waals surface area contributed by atoms with E-state index in [1.165, 1.54) is 0 Å². The van der Waals surface area contributed by atoms with Crippen LogP contribution in [0.2, 0.25) is 0 Å². The Labute approximate surface area is 168 Å². The van der Waals surface area contributed by atoms with Crippen LogP contribution in [-0.4, -0.2) is 33.2 Å². The van der Waals surface area contributed by atoms with Crippen molar-refractivity contribution in [2.45, 2.75) is 11.7 Å². The normalized spacial score (nSPS) is 10.3. The molecule has 3 rings (SSSR count). The number of rotatable bonds is 7. The summed E-state index contributed by atoms with van der Waals surface area (Å²) >= 11 is 1.55. The van der Waals surface area contributed by atoms with Crippen LogP contribution in [0.3, 0.4) is 0 Å². The summed E-state index contributed by atoms with van der Waals surface area (Å²) in [6, 6.07) is 16.9. The van der Waals surface area contributed by atoms with Crippen molar-refractivity contribution < 1.29 is 4.79 Å². The van der Waals surface area contributed by atoms with Crippen molar-refractivity contribution in [3.05, 3.63) is 90.3 Å². The number of thioether (sulfide) groups is 1. The van der Waals surface area contributed by atoms with Crippen molar-refractivity contribution in [1.82, 2.24) is 14.5 Å². The number of imidazole rings is 1. The zero-order valence-corrected chi connectivity index (χ0v) is 16.4. The lowest BCUT2D eigenvalue weighted by Gasteiger charge is -2.22. The van der Waals surface area contributed by atoms with E-state index in [2.05, 4.69) is 17.6 Å². The van der Waals surface area contributed by atoms with Crippen LogP contribution in [0.25, 0.3) is 5.69 Å². The van der Waals surface area contributed by atoms with E-state index in [0.29, 0.717) is 24.2 Å². The van der Waals surface area contributed by atoms with Gasteiger partial charge in [0, 0.05) is 36.7 Å². The number of carbonyl (C=O) groups excluding carboxylic acids is 1. The molecule has 2 aromatic carbocycles. The Hall–Kier alpha value is -3.30. The molecular weight excluding hydrogens is 368 g/mol. The maximum absolute atomic E-state index is 13.1. The van der Waals surface area contributed by atoms with Crippen molar-refractivity contribution in [1.29, 1.82) is 5.26 Å². The SMILES string of the molecule is C=CCN(Cc1ccc(C#N)cc1)C(=O)c1cccc(-n2ccnc2SC)c1. The highest BCUT2D eigenvalue weighted by Gasteiger charge is 2.16. The van der Waals surface area contributed by atoms with E-state index in [1.54, 1.807) is 41.1 Å². The van der Waals surface area contributed by atoms with E-state index in [1.807, 2.05) is 53.4 Å². The second-order valence-electron chi connectivity index (χ2n) is 6.12. The maximum Gasteiger partial charge on any atom is 0.254 e. The molecular formula is C22H20N4OS. The van der Waals surface area contributed by atoms with Crippen LogP contribution in [0.5, 0.6) is 0 Å². The zero-order chi connectivity index (χ0) is 19.9. The molecule has 0 saturated heterocycles. The van der Waals surface area contributed by atoms with Gasteiger partial charge in [-0.05, 0) is 42.2 Å². The van der Waals surface area contributed by atoms with Gasteiger partial charge in [0.2, 0.25) is 0 Å². The Morgan fingerprint density at radius 3 is 2.79 bits per heavy atom. The maximum atomic E-state index is 13.1. The molecule has 0 aliphatic heterocycles. The number of hydrogen-bond donors (Lipinski definition) is 0. The molecule has 0 atom stereocenters. The fourth-order valence-electron chi connectivity index (χ4n) is 2.89. The lowest BCUT2D eigenvalue weighted by Crippen LogP contribution is -2.30. The van der Waals surface area contributed by atoms with Gasteiger partial charge < -0.3 is 4.90 Å². The van der Waals surface area contributed by atoms with E-state index in [9.17, 15) is 4.79 Å². The summed E-state index contributed by atoms with van der Waals surface area (Å²) in [5, 5.41) is 9.80. The Morgan fingerprint density at radius 2 is 2.11 bits per heavy atom. The van der Waals surface area contributed by atoms with Gasteiger partial charge in [0.05, 0.1) is 11.6 Å². The summed E-state index contributed by atoms with van der Waals surface area (Å²) < 4.78 is 1.96. The van der Waals surface area contributed by atoms with E-state index < -0.39 is 0 Å². The number of benzene rings is 2. The standard InChI is InChI=1S/C22H20N4OS/c1-3-12-25(16-18-9-7-17(15-23)8-10-18)21(27)19-5-4-6-20(14-19)26-13-11-24-22(26)28-2/h3-11,13-14H,1,12,16H2,2H3. The Bertz CT molecular complexity index is 1020. The fraction of sp³-hybridized carbons (Fsp3) is 0.136. The van der Waals surface area contributed by atoms with Crippen LogP contribution < -0.4 is 0 Å². The Kier molecular flexibility index (Phi) is 6.30. The first-order valence-corrected chi connectivity index (χ1v) is 9.95. The van der Waals surface area contributed by atoms with Crippen LogP contribution in [0, 0.1) is 11.3 Å². The summed E-state index contributed by atoms with van der Waals surface area (Å²) in [6.07, 6.45) is 7.31. The zero-order valence-electron chi connectivity index (χ0n) is 15.6. The van der Waals surface area contributed by atoms with E-state index in [0.717, 1.165) is 16.4 Å². The van der Waals surface area contributed by atoms with Crippen LogP contribution in [0.4, 0.5) is 0 Å². The van der Waals surface area contributed by atoms with E-state index in [4.69, 9.17) is 5.26 Å². The van der Waals surface area contributed by atoms with Crippen molar-refractivity contribution in [3.8, 4) is 11.8 Å². The third kappa shape index (κ3) is 4.33. The molecule has 0 bridgehead atoms. The third-order valence-corrected chi connectivity index (χ3v) is 4.92. The second kappa shape index (κ2) is 9.07. The molecule has 28 heavy (non-hydrogen) atoms. The quantitative estimate of drug-likeness (QED) is 0.447. The van der Waals surface area contributed by atoms with Crippen LogP contribution in [0.1, 0.15) is 21.5 Å². The summed E-state index contributed by atoms with van der Waals surface area (Å²) in [7, 11) is 0. The van der Waals surface area contributed by atoms with Gasteiger partial charge in [0.25, 0.3) is 5.91 Å². The number of carbonyl (C=O) groups is 1. The van der Waals surface area contributed by atoms with Gasteiger partial charge in [0.1, 0.15) is 0 Å². The molecule has 1 amide bonds. The molecule has 0 fully saturated rings.